The predicted octanol–water partition coefficient (Wildman–Crippen LogP) is 2.89. The van der Waals surface area contributed by atoms with Gasteiger partial charge in [0.25, 0.3) is 0 Å². The molecule has 0 amide bonds. The third-order valence-corrected chi connectivity index (χ3v) is 2.81. The zero-order valence-electron chi connectivity index (χ0n) is 11.3. The molecule has 0 spiro atoms. The normalized spacial score (nSPS) is 9.50. The van der Waals surface area contributed by atoms with Crippen molar-refractivity contribution in [3.05, 3.63) is 64.7 Å². The number of hydrogen-bond acceptors (Lipinski definition) is 3. The van der Waals surface area contributed by atoms with Crippen molar-refractivity contribution in [1.29, 1.82) is 0 Å². The number of phenols is 1. The predicted molar refractivity (Wildman–Crippen MR) is 76.6 cm³/mol. The molecular formula is C17H14O3. The number of esters is 1. The van der Waals surface area contributed by atoms with E-state index in [-0.39, 0.29) is 5.75 Å². The molecule has 3 heteroatoms. The van der Waals surface area contributed by atoms with Crippen molar-refractivity contribution in [2.24, 2.45) is 0 Å². The lowest BCUT2D eigenvalue weighted by Gasteiger charge is -2.01. The summed E-state index contributed by atoms with van der Waals surface area (Å²) in [4.78, 5) is 11.4. The molecule has 1 N–H and O–H groups in total. The van der Waals surface area contributed by atoms with E-state index in [1.165, 1.54) is 25.3 Å². The lowest BCUT2D eigenvalue weighted by atomic mass is 10.1. The number of carbonyl (C=O) groups excluding carboxylic acids is 1. The lowest BCUT2D eigenvalue weighted by Crippen LogP contribution is -2.01. The molecule has 2 aromatic carbocycles. The van der Waals surface area contributed by atoms with Gasteiger partial charge >= 0.3 is 5.97 Å². The number of phenolic OH excluding ortho intramolecular Hbond substituents is 1. The molecule has 0 heterocycles. The zero-order chi connectivity index (χ0) is 14.5. The van der Waals surface area contributed by atoms with Gasteiger partial charge in [0.15, 0.2) is 0 Å². The molecule has 0 fully saturated rings. The minimum Gasteiger partial charge on any atom is -0.507 e. The maximum Gasteiger partial charge on any atom is 0.337 e. The number of benzene rings is 2. The number of hydrogen-bond donors (Lipinski definition) is 1. The van der Waals surface area contributed by atoms with Gasteiger partial charge in [-0.15, -0.1) is 0 Å². The summed E-state index contributed by atoms with van der Waals surface area (Å²) in [6, 6.07) is 12.2. The summed E-state index contributed by atoms with van der Waals surface area (Å²) >= 11 is 0. The van der Waals surface area contributed by atoms with Crippen molar-refractivity contribution < 1.29 is 14.6 Å². The number of ether oxygens (including phenoxy) is 1. The Morgan fingerprint density at radius 1 is 1.10 bits per heavy atom. The van der Waals surface area contributed by atoms with Gasteiger partial charge in [-0.3, -0.25) is 0 Å². The lowest BCUT2D eigenvalue weighted by molar-refractivity contribution is 0.0600. The average Bonchev–Trinajstić information content (AvgIpc) is 2.47. The molecule has 0 atom stereocenters. The minimum atomic E-state index is -0.455. The molecule has 0 saturated carbocycles. The monoisotopic (exact) mass is 266 g/mol. The summed E-state index contributed by atoms with van der Waals surface area (Å²) in [6.45, 7) is 2.00. The summed E-state index contributed by atoms with van der Waals surface area (Å²) in [5, 5.41) is 9.76. The molecule has 0 unspecified atom stereocenters. The topological polar surface area (TPSA) is 46.5 Å². The quantitative estimate of drug-likeness (QED) is 0.637. The first-order valence-electron chi connectivity index (χ1n) is 6.10. The van der Waals surface area contributed by atoms with E-state index >= 15 is 0 Å². The molecule has 0 aromatic heterocycles. The van der Waals surface area contributed by atoms with E-state index in [0.717, 1.165) is 11.1 Å². The van der Waals surface area contributed by atoms with Crippen molar-refractivity contribution in [2.45, 2.75) is 6.92 Å². The average molecular weight is 266 g/mol. The summed E-state index contributed by atoms with van der Waals surface area (Å²) < 4.78 is 4.64. The highest BCUT2D eigenvalue weighted by Gasteiger charge is 2.07. The molecule has 3 nitrogen and oxygen atoms in total. The highest BCUT2D eigenvalue weighted by Crippen LogP contribution is 2.18. The Morgan fingerprint density at radius 3 is 2.45 bits per heavy atom. The number of rotatable bonds is 1. The van der Waals surface area contributed by atoms with Crippen molar-refractivity contribution in [1.82, 2.24) is 0 Å². The van der Waals surface area contributed by atoms with Crippen LogP contribution in [0.15, 0.2) is 42.5 Å². The van der Waals surface area contributed by atoms with Crippen LogP contribution < -0.4 is 0 Å². The van der Waals surface area contributed by atoms with Gasteiger partial charge in [0.05, 0.1) is 18.2 Å². The summed E-state index contributed by atoms with van der Waals surface area (Å²) in [7, 11) is 1.31. The van der Waals surface area contributed by atoms with Gasteiger partial charge < -0.3 is 9.84 Å². The van der Waals surface area contributed by atoms with Gasteiger partial charge in [0, 0.05) is 5.56 Å². The first-order chi connectivity index (χ1) is 9.60. The highest BCUT2D eigenvalue weighted by molar-refractivity contribution is 5.90. The van der Waals surface area contributed by atoms with Crippen LogP contribution in [0.2, 0.25) is 0 Å². The Kier molecular flexibility index (Phi) is 4.07. The molecular weight excluding hydrogens is 252 g/mol. The molecule has 0 radical (unpaired) electrons. The largest absolute Gasteiger partial charge is 0.507 e. The molecule has 0 aliphatic heterocycles. The van der Waals surface area contributed by atoms with Gasteiger partial charge in [-0.1, -0.05) is 29.5 Å². The summed E-state index contributed by atoms with van der Waals surface area (Å²) in [5.74, 6) is 5.40. The Labute approximate surface area is 117 Å². The Morgan fingerprint density at radius 2 is 1.80 bits per heavy atom. The molecule has 0 saturated heterocycles. The van der Waals surface area contributed by atoms with E-state index < -0.39 is 5.97 Å². The zero-order valence-corrected chi connectivity index (χ0v) is 11.3. The van der Waals surface area contributed by atoms with Gasteiger partial charge in [0.2, 0.25) is 0 Å². The molecule has 100 valence electrons. The third-order valence-electron chi connectivity index (χ3n) is 2.81. The number of aromatic hydroxyl groups is 1. The van der Waals surface area contributed by atoms with E-state index in [9.17, 15) is 9.90 Å². The van der Waals surface area contributed by atoms with Crippen LogP contribution in [0.5, 0.6) is 5.75 Å². The molecule has 20 heavy (non-hydrogen) atoms. The van der Waals surface area contributed by atoms with Crippen molar-refractivity contribution in [3.8, 4) is 17.6 Å². The van der Waals surface area contributed by atoms with Gasteiger partial charge in [0.1, 0.15) is 5.75 Å². The third kappa shape index (κ3) is 3.18. The van der Waals surface area contributed by atoms with Gasteiger partial charge in [-0.2, -0.15) is 0 Å². The second-order valence-corrected chi connectivity index (χ2v) is 4.34. The first-order valence-corrected chi connectivity index (χ1v) is 6.10. The van der Waals surface area contributed by atoms with Crippen LogP contribution in [0, 0.1) is 18.8 Å². The minimum absolute atomic E-state index is 0.0391. The number of methoxy groups -OCH3 is 1. The second kappa shape index (κ2) is 5.94. The maximum atomic E-state index is 11.4. The fourth-order valence-corrected chi connectivity index (χ4v) is 1.66. The first kappa shape index (κ1) is 13.7. The number of aryl methyl sites for hydroxylation is 1. The van der Waals surface area contributed by atoms with Crippen LogP contribution in [0.4, 0.5) is 0 Å². The van der Waals surface area contributed by atoms with E-state index in [0.29, 0.717) is 11.1 Å². The van der Waals surface area contributed by atoms with Crippen LogP contribution in [0.3, 0.4) is 0 Å². The molecule has 2 aromatic rings. The Balaban J connectivity index is 2.34. The van der Waals surface area contributed by atoms with Crippen molar-refractivity contribution in [3.63, 3.8) is 0 Å². The summed E-state index contributed by atoms with van der Waals surface area (Å²) in [6.07, 6.45) is 0. The van der Waals surface area contributed by atoms with E-state index in [4.69, 9.17) is 0 Å². The Hall–Kier alpha value is -2.73. The standard InChI is InChI=1S/C17H14O3/c1-12-3-5-13(6-4-12)7-8-14-11-15(17(19)20-2)9-10-16(14)18/h3-6,9-11,18H,1-2H3. The smallest absolute Gasteiger partial charge is 0.337 e. The molecule has 2 rings (SSSR count). The van der Waals surface area contributed by atoms with Crippen LogP contribution in [-0.2, 0) is 4.74 Å². The van der Waals surface area contributed by atoms with Crippen LogP contribution in [-0.4, -0.2) is 18.2 Å². The maximum absolute atomic E-state index is 11.4. The van der Waals surface area contributed by atoms with Crippen molar-refractivity contribution >= 4 is 5.97 Å². The van der Waals surface area contributed by atoms with E-state index in [1.54, 1.807) is 0 Å². The molecule has 0 aliphatic rings. The summed E-state index contributed by atoms with van der Waals surface area (Å²) in [5.41, 5.74) is 2.76. The fourth-order valence-electron chi connectivity index (χ4n) is 1.66. The van der Waals surface area contributed by atoms with E-state index in [1.807, 2.05) is 31.2 Å². The van der Waals surface area contributed by atoms with Gasteiger partial charge in [-0.05, 0) is 37.3 Å². The second-order valence-electron chi connectivity index (χ2n) is 4.34. The van der Waals surface area contributed by atoms with E-state index in [2.05, 4.69) is 16.6 Å². The highest BCUT2D eigenvalue weighted by atomic mass is 16.5. The molecule has 0 aliphatic carbocycles. The van der Waals surface area contributed by atoms with Crippen molar-refractivity contribution in [2.75, 3.05) is 7.11 Å². The SMILES string of the molecule is COC(=O)c1ccc(O)c(C#Cc2ccc(C)cc2)c1. The Bertz CT molecular complexity index is 688. The van der Waals surface area contributed by atoms with Crippen LogP contribution in [0.25, 0.3) is 0 Å². The van der Waals surface area contributed by atoms with Gasteiger partial charge in [-0.25, -0.2) is 4.79 Å². The van der Waals surface area contributed by atoms with Crippen LogP contribution >= 0.6 is 0 Å². The number of carbonyl (C=O) groups is 1. The fraction of sp³-hybridized carbons (Fsp3) is 0.118. The van der Waals surface area contributed by atoms with Crippen LogP contribution in [0.1, 0.15) is 27.0 Å². The molecule has 0 bridgehead atoms.